The van der Waals surface area contributed by atoms with Gasteiger partial charge in [0.2, 0.25) is 0 Å². The van der Waals surface area contributed by atoms with Gasteiger partial charge < -0.3 is 9.47 Å². The molecule has 104 valence electrons. The number of carbonyl (C=O) groups excluding carboxylic acids is 2. The minimum absolute atomic E-state index is 0.0325. The van der Waals surface area contributed by atoms with Gasteiger partial charge in [-0.3, -0.25) is 9.59 Å². The van der Waals surface area contributed by atoms with Crippen LogP contribution in [0.15, 0.2) is 22.7 Å². The second kappa shape index (κ2) is 7.89. The molecule has 19 heavy (non-hydrogen) atoms. The van der Waals surface area contributed by atoms with E-state index in [0.29, 0.717) is 11.1 Å². The van der Waals surface area contributed by atoms with Crippen molar-refractivity contribution in [3.05, 3.63) is 28.5 Å². The number of ether oxygens (including phenoxy) is 2. The van der Waals surface area contributed by atoms with Crippen molar-refractivity contribution < 1.29 is 23.5 Å². The number of hydrogen-bond acceptors (Lipinski definition) is 4. The van der Waals surface area contributed by atoms with Crippen molar-refractivity contribution in [2.75, 3.05) is 13.2 Å². The van der Waals surface area contributed by atoms with Crippen LogP contribution in [0.3, 0.4) is 0 Å². The van der Waals surface area contributed by atoms with Crippen molar-refractivity contribution in [3.63, 3.8) is 0 Å². The maximum absolute atomic E-state index is 13.2. The van der Waals surface area contributed by atoms with Crippen LogP contribution in [0.1, 0.15) is 19.8 Å². The molecule has 1 aromatic rings. The van der Waals surface area contributed by atoms with Crippen molar-refractivity contribution >= 4 is 27.7 Å². The van der Waals surface area contributed by atoms with E-state index in [1.54, 1.807) is 13.0 Å². The normalized spacial score (nSPS) is 10.1. The molecule has 0 aliphatic carbocycles. The zero-order valence-electron chi connectivity index (χ0n) is 10.4. The van der Waals surface area contributed by atoms with Crippen LogP contribution in [0.4, 0.5) is 4.39 Å². The van der Waals surface area contributed by atoms with E-state index in [4.69, 9.17) is 9.47 Å². The second-order valence-electron chi connectivity index (χ2n) is 3.71. The van der Waals surface area contributed by atoms with Crippen LogP contribution in [-0.4, -0.2) is 25.0 Å². The highest BCUT2D eigenvalue weighted by molar-refractivity contribution is 9.10. The molecule has 0 bridgehead atoms. The van der Waals surface area contributed by atoms with E-state index >= 15 is 0 Å². The summed E-state index contributed by atoms with van der Waals surface area (Å²) in [5.74, 6) is -0.844. The fraction of sp³-hybridized carbons (Fsp3) is 0.385. The van der Waals surface area contributed by atoms with E-state index in [1.807, 2.05) is 0 Å². The number of carbonyl (C=O) groups is 2. The van der Waals surface area contributed by atoms with Gasteiger partial charge in [0.1, 0.15) is 18.2 Å². The van der Waals surface area contributed by atoms with Crippen molar-refractivity contribution in [1.29, 1.82) is 0 Å². The highest BCUT2D eigenvalue weighted by atomic mass is 79.9. The molecule has 0 N–H and O–H groups in total. The summed E-state index contributed by atoms with van der Waals surface area (Å²) in [5.41, 5.74) is 0. The Morgan fingerprint density at radius 1 is 1.32 bits per heavy atom. The third kappa shape index (κ3) is 5.83. The average molecular weight is 333 g/mol. The molecule has 0 radical (unpaired) electrons. The third-order valence-electron chi connectivity index (χ3n) is 2.20. The molecule has 0 fully saturated rings. The van der Waals surface area contributed by atoms with Crippen molar-refractivity contribution in [1.82, 2.24) is 0 Å². The lowest BCUT2D eigenvalue weighted by Gasteiger charge is -2.06. The quantitative estimate of drug-likeness (QED) is 0.720. The van der Waals surface area contributed by atoms with Crippen LogP contribution in [0.5, 0.6) is 5.75 Å². The molecular formula is C13H14BrFO4. The minimum atomic E-state index is -0.462. The predicted molar refractivity (Wildman–Crippen MR) is 70.5 cm³/mol. The lowest BCUT2D eigenvalue weighted by molar-refractivity contribution is -0.144. The minimum Gasteiger partial charge on any atom is -0.486 e. The largest absolute Gasteiger partial charge is 0.486 e. The van der Waals surface area contributed by atoms with E-state index in [-0.39, 0.29) is 31.0 Å². The van der Waals surface area contributed by atoms with Gasteiger partial charge in [-0.15, -0.1) is 0 Å². The number of hydrogen-bond donors (Lipinski definition) is 0. The lowest BCUT2D eigenvalue weighted by Crippen LogP contribution is -2.14. The van der Waals surface area contributed by atoms with Crippen molar-refractivity contribution in [2.45, 2.75) is 19.8 Å². The summed E-state index contributed by atoms with van der Waals surface area (Å²) >= 11 is 3.02. The summed E-state index contributed by atoms with van der Waals surface area (Å²) in [7, 11) is 0. The molecule has 0 aliphatic rings. The molecule has 1 rings (SSSR count). The van der Waals surface area contributed by atoms with Crippen LogP contribution in [-0.2, 0) is 14.3 Å². The summed E-state index contributed by atoms with van der Waals surface area (Å²) in [6.45, 7) is 1.80. The molecule has 0 saturated heterocycles. The van der Waals surface area contributed by atoms with E-state index < -0.39 is 11.8 Å². The second-order valence-corrected chi connectivity index (χ2v) is 4.56. The van der Waals surface area contributed by atoms with Gasteiger partial charge in [-0.05, 0) is 35.0 Å². The molecule has 0 aliphatic heterocycles. The molecule has 0 unspecified atom stereocenters. The topological polar surface area (TPSA) is 52.6 Å². The Morgan fingerprint density at radius 3 is 2.68 bits per heavy atom. The standard InChI is InChI=1S/C13H14BrFO4/c1-2-18-13(17)6-3-9(16)8-19-10-4-5-11(14)12(15)7-10/h4-5,7H,2-3,6,8H2,1H3. The zero-order chi connectivity index (χ0) is 14.3. The first-order valence-electron chi connectivity index (χ1n) is 5.78. The Labute approximate surface area is 119 Å². The van der Waals surface area contributed by atoms with Gasteiger partial charge in [0, 0.05) is 12.5 Å². The van der Waals surface area contributed by atoms with Crippen LogP contribution in [0.2, 0.25) is 0 Å². The molecule has 4 nitrogen and oxygen atoms in total. The summed E-state index contributed by atoms with van der Waals surface area (Å²) in [6, 6.07) is 4.22. The maximum Gasteiger partial charge on any atom is 0.306 e. The van der Waals surface area contributed by atoms with Gasteiger partial charge in [0.25, 0.3) is 0 Å². The monoisotopic (exact) mass is 332 g/mol. The molecule has 0 heterocycles. The predicted octanol–water partition coefficient (Wildman–Crippen LogP) is 2.88. The number of ketones is 1. The first-order chi connectivity index (χ1) is 9.02. The van der Waals surface area contributed by atoms with Gasteiger partial charge in [-0.2, -0.15) is 0 Å². The van der Waals surface area contributed by atoms with E-state index in [1.165, 1.54) is 12.1 Å². The highest BCUT2D eigenvalue weighted by Gasteiger charge is 2.09. The van der Waals surface area contributed by atoms with Crippen LogP contribution in [0, 0.1) is 5.82 Å². The van der Waals surface area contributed by atoms with Crippen LogP contribution < -0.4 is 4.74 Å². The molecule has 0 saturated carbocycles. The Balaban J connectivity index is 2.33. The van der Waals surface area contributed by atoms with Gasteiger partial charge in [0.05, 0.1) is 17.5 Å². The molecular weight excluding hydrogens is 319 g/mol. The first-order valence-corrected chi connectivity index (χ1v) is 6.57. The van der Waals surface area contributed by atoms with Gasteiger partial charge >= 0.3 is 5.97 Å². The SMILES string of the molecule is CCOC(=O)CCC(=O)COc1ccc(Br)c(F)c1. The summed E-state index contributed by atoms with van der Waals surface area (Å²) < 4.78 is 23.3. The number of benzene rings is 1. The molecule has 6 heteroatoms. The smallest absolute Gasteiger partial charge is 0.306 e. The lowest BCUT2D eigenvalue weighted by atomic mass is 10.2. The molecule has 0 aromatic heterocycles. The van der Waals surface area contributed by atoms with Gasteiger partial charge in [-0.25, -0.2) is 4.39 Å². The summed E-state index contributed by atoms with van der Waals surface area (Å²) in [4.78, 5) is 22.5. The summed E-state index contributed by atoms with van der Waals surface area (Å²) in [6.07, 6.45) is 0.0859. The number of halogens is 2. The number of esters is 1. The highest BCUT2D eigenvalue weighted by Crippen LogP contribution is 2.20. The first kappa shape index (κ1) is 15.6. The Morgan fingerprint density at radius 2 is 2.05 bits per heavy atom. The van der Waals surface area contributed by atoms with Crippen molar-refractivity contribution in [2.24, 2.45) is 0 Å². The average Bonchev–Trinajstić information content (AvgIpc) is 2.38. The summed E-state index contributed by atoms with van der Waals surface area (Å²) in [5, 5.41) is 0. The van der Waals surface area contributed by atoms with E-state index in [2.05, 4.69) is 15.9 Å². The molecule has 0 amide bonds. The molecule has 1 aromatic carbocycles. The number of rotatable bonds is 7. The van der Waals surface area contributed by atoms with Gasteiger partial charge in [0.15, 0.2) is 5.78 Å². The van der Waals surface area contributed by atoms with Gasteiger partial charge in [-0.1, -0.05) is 0 Å². The van der Waals surface area contributed by atoms with E-state index in [0.717, 1.165) is 0 Å². The number of Topliss-reactive ketones (excluding diaryl/α,β-unsaturated/α-hetero) is 1. The fourth-order valence-corrected chi connectivity index (χ4v) is 1.52. The molecule has 0 atom stereocenters. The fourth-order valence-electron chi connectivity index (χ4n) is 1.28. The molecule has 0 spiro atoms. The maximum atomic E-state index is 13.2. The van der Waals surface area contributed by atoms with E-state index in [9.17, 15) is 14.0 Å². The Bertz CT molecular complexity index is 462. The Kier molecular flexibility index (Phi) is 6.49. The zero-order valence-corrected chi connectivity index (χ0v) is 12.0. The van der Waals surface area contributed by atoms with Crippen LogP contribution >= 0.6 is 15.9 Å². The van der Waals surface area contributed by atoms with Crippen LogP contribution in [0.25, 0.3) is 0 Å². The third-order valence-corrected chi connectivity index (χ3v) is 2.85. The van der Waals surface area contributed by atoms with Crippen molar-refractivity contribution in [3.8, 4) is 5.75 Å². The Hall–Kier alpha value is -1.43.